The zero-order valence-corrected chi connectivity index (χ0v) is 16.3. The van der Waals surface area contributed by atoms with Crippen molar-refractivity contribution in [2.45, 2.75) is 6.92 Å². The topological polar surface area (TPSA) is 77.8 Å². The lowest BCUT2D eigenvalue weighted by Crippen LogP contribution is -2.16. The maximum Gasteiger partial charge on any atom is 0.259 e. The molecule has 0 radical (unpaired) electrons. The van der Waals surface area contributed by atoms with Crippen LogP contribution in [0, 0.1) is 6.92 Å². The van der Waals surface area contributed by atoms with Gasteiger partial charge in [0.1, 0.15) is 11.5 Å². The van der Waals surface area contributed by atoms with E-state index in [0.29, 0.717) is 22.6 Å². The van der Waals surface area contributed by atoms with E-state index in [9.17, 15) is 4.79 Å². The zero-order valence-electron chi connectivity index (χ0n) is 16.3. The van der Waals surface area contributed by atoms with Crippen LogP contribution in [0.5, 0.6) is 11.5 Å². The lowest BCUT2D eigenvalue weighted by molar-refractivity contribution is 0.102. The number of hydrogen-bond acceptors (Lipinski definition) is 5. The second-order valence-electron chi connectivity index (χ2n) is 6.46. The first kappa shape index (κ1) is 18.5. The van der Waals surface area contributed by atoms with Gasteiger partial charge in [0.2, 0.25) is 0 Å². The molecule has 0 aliphatic rings. The number of hydrogen-bond donors (Lipinski definition) is 1. The molecule has 0 bridgehead atoms. The molecule has 0 aliphatic heterocycles. The highest BCUT2D eigenvalue weighted by molar-refractivity contribution is 6.05. The smallest absolute Gasteiger partial charge is 0.259 e. The number of aromatic nitrogens is 3. The van der Waals surface area contributed by atoms with Crippen molar-refractivity contribution in [3.8, 4) is 22.6 Å². The molecular weight excluding hydrogens is 368 g/mol. The van der Waals surface area contributed by atoms with Crippen LogP contribution in [0.4, 0.5) is 5.69 Å². The van der Waals surface area contributed by atoms with Crippen LogP contribution in [0.25, 0.3) is 16.8 Å². The fourth-order valence-corrected chi connectivity index (χ4v) is 3.11. The number of carbonyl (C=O) groups is 1. The lowest BCUT2D eigenvalue weighted by Gasteiger charge is -2.09. The normalized spacial score (nSPS) is 10.7. The first-order valence-electron chi connectivity index (χ1n) is 9.04. The number of anilines is 1. The number of nitrogens with one attached hydrogen (secondary N) is 1. The number of aryl methyl sites for hydroxylation is 1. The van der Waals surface area contributed by atoms with Gasteiger partial charge in [-0.3, -0.25) is 4.79 Å². The van der Waals surface area contributed by atoms with Crippen molar-refractivity contribution >= 4 is 17.2 Å². The number of rotatable bonds is 5. The van der Waals surface area contributed by atoms with Gasteiger partial charge in [-0.1, -0.05) is 12.1 Å². The molecule has 2 heterocycles. The molecule has 0 fully saturated rings. The van der Waals surface area contributed by atoms with Crippen molar-refractivity contribution in [1.29, 1.82) is 0 Å². The van der Waals surface area contributed by atoms with E-state index in [-0.39, 0.29) is 5.91 Å². The summed E-state index contributed by atoms with van der Waals surface area (Å²) in [5.41, 5.74) is 4.39. The van der Waals surface area contributed by atoms with Gasteiger partial charge in [0, 0.05) is 17.4 Å². The van der Waals surface area contributed by atoms with Gasteiger partial charge in [-0.2, -0.15) is 5.10 Å². The maximum absolute atomic E-state index is 12.7. The Morgan fingerprint density at radius 2 is 1.55 bits per heavy atom. The highest BCUT2D eigenvalue weighted by Gasteiger charge is 2.16. The Hall–Kier alpha value is -3.87. The van der Waals surface area contributed by atoms with Gasteiger partial charge in [-0.15, -0.1) is 0 Å². The van der Waals surface area contributed by atoms with Gasteiger partial charge in [-0.25, -0.2) is 9.50 Å². The first-order valence-corrected chi connectivity index (χ1v) is 9.04. The molecule has 2 aromatic carbocycles. The van der Waals surface area contributed by atoms with E-state index in [4.69, 9.17) is 9.47 Å². The van der Waals surface area contributed by atoms with Crippen LogP contribution in [0.1, 0.15) is 16.1 Å². The third-order valence-electron chi connectivity index (χ3n) is 4.76. The molecule has 0 saturated carbocycles. The Bertz CT molecular complexity index is 1170. The standard InChI is InChI=1S/C22H20N4O3/c1-14-19(22(27)25-16-6-10-18(29-3)11-7-16)12-23-21-20(13-24-26(14)21)15-4-8-17(28-2)9-5-15/h4-13H,1-3H3,(H,25,27). The summed E-state index contributed by atoms with van der Waals surface area (Å²) < 4.78 is 12.0. The average molecular weight is 388 g/mol. The van der Waals surface area contributed by atoms with Crippen LogP contribution in [-0.4, -0.2) is 34.7 Å². The molecule has 0 saturated heterocycles. The minimum Gasteiger partial charge on any atom is -0.497 e. The van der Waals surface area contributed by atoms with Crippen molar-refractivity contribution in [2.75, 3.05) is 19.5 Å². The molecule has 7 nitrogen and oxygen atoms in total. The number of amides is 1. The number of fused-ring (bicyclic) bond motifs is 1. The van der Waals surface area contributed by atoms with E-state index < -0.39 is 0 Å². The molecule has 146 valence electrons. The Morgan fingerprint density at radius 3 is 2.17 bits per heavy atom. The van der Waals surface area contributed by atoms with E-state index in [1.54, 1.807) is 55.4 Å². The van der Waals surface area contributed by atoms with Crippen LogP contribution < -0.4 is 14.8 Å². The molecule has 0 unspecified atom stereocenters. The number of benzene rings is 2. The summed E-state index contributed by atoms with van der Waals surface area (Å²) in [7, 11) is 3.23. The van der Waals surface area contributed by atoms with Crippen molar-refractivity contribution in [2.24, 2.45) is 0 Å². The highest BCUT2D eigenvalue weighted by atomic mass is 16.5. The number of nitrogens with zero attached hydrogens (tertiary/aromatic N) is 3. The molecule has 1 N–H and O–H groups in total. The monoisotopic (exact) mass is 388 g/mol. The number of ether oxygens (including phenoxy) is 2. The summed E-state index contributed by atoms with van der Waals surface area (Å²) in [6.45, 7) is 1.85. The van der Waals surface area contributed by atoms with Gasteiger partial charge >= 0.3 is 0 Å². The second-order valence-corrected chi connectivity index (χ2v) is 6.46. The first-order chi connectivity index (χ1) is 14.1. The summed E-state index contributed by atoms with van der Waals surface area (Å²) in [5.74, 6) is 1.26. The Morgan fingerprint density at radius 1 is 0.931 bits per heavy atom. The predicted molar refractivity (Wildman–Crippen MR) is 111 cm³/mol. The van der Waals surface area contributed by atoms with Gasteiger partial charge in [0.25, 0.3) is 5.91 Å². The molecule has 0 spiro atoms. The Labute approximate surface area is 167 Å². The van der Waals surface area contributed by atoms with Crippen LogP contribution in [0.3, 0.4) is 0 Å². The van der Waals surface area contributed by atoms with Crippen molar-refractivity contribution in [3.05, 3.63) is 72.2 Å². The second kappa shape index (κ2) is 7.63. The van der Waals surface area contributed by atoms with E-state index in [1.807, 2.05) is 31.2 Å². The third-order valence-corrected chi connectivity index (χ3v) is 4.76. The number of carbonyl (C=O) groups excluding carboxylic acids is 1. The van der Waals surface area contributed by atoms with Crippen molar-refractivity contribution in [3.63, 3.8) is 0 Å². The summed E-state index contributed by atoms with van der Waals surface area (Å²) in [4.78, 5) is 17.2. The molecule has 4 rings (SSSR count). The summed E-state index contributed by atoms with van der Waals surface area (Å²) in [5, 5.41) is 7.31. The van der Waals surface area contributed by atoms with Crippen molar-refractivity contribution in [1.82, 2.24) is 14.6 Å². The predicted octanol–water partition coefficient (Wildman–Crippen LogP) is 3.97. The SMILES string of the molecule is COc1ccc(NC(=O)c2cnc3c(-c4ccc(OC)cc4)cnn3c2C)cc1. The molecule has 1 amide bonds. The minimum absolute atomic E-state index is 0.247. The fourth-order valence-electron chi connectivity index (χ4n) is 3.11. The molecule has 0 aliphatic carbocycles. The van der Waals surface area contributed by atoms with E-state index in [2.05, 4.69) is 15.4 Å². The maximum atomic E-state index is 12.7. The quantitative estimate of drug-likeness (QED) is 0.560. The molecular formula is C22H20N4O3. The van der Waals surface area contributed by atoms with E-state index in [1.165, 1.54) is 0 Å². The lowest BCUT2D eigenvalue weighted by atomic mass is 10.1. The summed E-state index contributed by atoms with van der Waals surface area (Å²) in [6.07, 6.45) is 3.33. The van der Waals surface area contributed by atoms with Gasteiger partial charge in [-0.05, 0) is 48.9 Å². The molecule has 2 aromatic heterocycles. The van der Waals surface area contributed by atoms with Gasteiger partial charge in [0.05, 0.1) is 31.7 Å². The summed E-state index contributed by atoms with van der Waals surface area (Å²) in [6, 6.07) is 14.8. The van der Waals surface area contributed by atoms with Crippen LogP contribution in [0.2, 0.25) is 0 Å². The number of methoxy groups -OCH3 is 2. The van der Waals surface area contributed by atoms with Crippen LogP contribution in [0.15, 0.2) is 60.9 Å². The van der Waals surface area contributed by atoms with E-state index >= 15 is 0 Å². The molecule has 0 atom stereocenters. The van der Waals surface area contributed by atoms with Crippen LogP contribution in [-0.2, 0) is 0 Å². The minimum atomic E-state index is -0.247. The van der Waals surface area contributed by atoms with Crippen molar-refractivity contribution < 1.29 is 14.3 Å². The molecule has 4 aromatic rings. The largest absolute Gasteiger partial charge is 0.497 e. The highest BCUT2D eigenvalue weighted by Crippen LogP contribution is 2.26. The summed E-state index contributed by atoms with van der Waals surface area (Å²) >= 11 is 0. The average Bonchev–Trinajstić information content (AvgIpc) is 3.19. The Balaban J connectivity index is 1.64. The fraction of sp³-hybridized carbons (Fsp3) is 0.136. The third kappa shape index (κ3) is 3.50. The zero-order chi connectivity index (χ0) is 20.4. The Kier molecular flexibility index (Phi) is 4.87. The van der Waals surface area contributed by atoms with Gasteiger partial charge in [0.15, 0.2) is 5.65 Å². The van der Waals surface area contributed by atoms with Crippen LogP contribution >= 0.6 is 0 Å². The van der Waals surface area contributed by atoms with Gasteiger partial charge < -0.3 is 14.8 Å². The molecule has 7 heteroatoms. The molecule has 29 heavy (non-hydrogen) atoms. The van der Waals surface area contributed by atoms with E-state index in [0.717, 1.165) is 22.6 Å².